The van der Waals surface area contributed by atoms with Gasteiger partial charge in [0.15, 0.2) is 0 Å². The van der Waals surface area contributed by atoms with Gasteiger partial charge in [-0.15, -0.1) is 0 Å². The first-order valence-electron chi connectivity index (χ1n) is 8.62. The number of aromatic nitrogens is 2. The summed E-state index contributed by atoms with van der Waals surface area (Å²) in [5.74, 6) is -0.0263. The number of amides is 1. The summed E-state index contributed by atoms with van der Waals surface area (Å²) in [6.45, 7) is 5.98. The monoisotopic (exact) mass is 367 g/mol. The van der Waals surface area contributed by atoms with Gasteiger partial charge in [0.1, 0.15) is 0 Å². The van der Waals surface area contributed by atoms with Crippen molar-refractivity contribution in [3.63, 3.8) is 0 Å². The summed E-state index contributed by atoms with van der Waals surface area (Å²) >= 11 is 6.01. The van der Waals surface area contributed by atoms with Crippen molar-refractivity contribution in [2.24, 2.45) is 0 Å². The van der Waals surface area contributed by atoms with Crippen molar-refractivity contribution in [3.8, 4) is 5.69 Å². The van der Waals surface area contributed by atoms with E-state index in [9.17, 15) is 4.79 Å². The van der Waals surface area contributed by atoms with Crippen LogP contribution >= 0.6 is 11.6 Å². The number of nitrogens with zero attached hydrogens (tertiary/aromatic N) is 2. The molecule has 0 saturated carbocycles. The Labute approximate surface area is 158 Å². The summed E-state index contributed by atoms with van der Waals surface area (Å²) in [5.41, 5.74) is 5.92. The summed E-state index contributed by atoms with van der Waals surface area (Å²) in [5, 5.41) is 8.20. The SMILES string of the molecule is Cc1ccc(Cl)cc1NC(=O)CCc1c(C)nn(-c2ccccc2)c1C. The molecule has 2 aromatic carbocycles. The Morgan fingerprint density at radius 2 is 1.85 bits per heavy atom. The highest BCUT2D eigenvalue weighted by Gasteiger charge is 2.14. The average Bonchev–Trinajstić information content (AvgIpc) is 2.91. The predicted octanol–water partition coefficient (Wildman–Crippen LogP) is 5.02. The molecule has 0 spiro atoms. The number of hydrogen-bond donors (Lipinski definition) is 1. The van der Waals surface area contributed by atoms with Gasteiger partial charge in [0, 0.05) is 22.8 Å². The maximum absolute atomic E-state index is 12.4. The number of hydrogen-bond acceptors (Lipinski definition) is 2. The van der Waals surface area contributed by atoms with E-state index in [1.807, 2.05) is 67.9 Å². The van der Waals surface area contributed by atoms with E-state index in [0.717, 1.165) is 33.9 Å². The van der Waals surface area contributed by atoms with Crippen molar-refractivity contribution in [1.82, 2.24) is 9.78 Å². The minimum absolute atomic E-state index is 0.0263. The molecule has 0 radical (unpaired) electrons. The number of benzene rings is 2. The van der Waals surface area contributed by atoms with Crippen molar-refractivity contribution < 1.29 is 4.79 Å². The van der Waals surface area contributed by atoms with E-state index in [1.54, 1.807) is 6.07 Å². The molecule has 0 fully saturated rings. The number of nitrogens with one attached hydrogen (secondary N) is 1. The van der Waals surface area contributed by atoms with Gasteiger partial charge in [0.2, 0.25) is 5.91 Å². The Balaban J connectivity index is 1.71. The first-order valence-corrected chi connectivity index (χ1v) is 9.00. The zero-order valence-corrected chi connectivity index (χ0v) is 16.0. The smallest absolute Gasteiger partial charge is 0.224 e. The zero-order chi connectivity index (χ0) is 18.7. The Morgan fingerprint density at radius 1 is 1.12 bits per heavy atom. The molecule has 1 amide bonds. The van der Waals surface area contributed by atoms with E-state index >= 15 is 0 Å². The molecule has 0 aliphatic heterocycles. The number of aryl methyl sites for hydroxylation is 2. The van der Waals surface area contributed by atoms with Crippen LogP contribution in [-0.2, 0) is 11.2 Å². The topological polar surface area (TPSA) is 46.9 Å². The summed E-state index contributed by atoms with van der Waals surface area (Å²) in [7, 11) is 0. The lowest BCUT2D eigenvalue weighted by Gasteiger charge is -2.09. The zero-order valence-electron chi connectivity index (χ0n) is 15.2. The van der Waals surface area contributed by atoms with Gasteiger partial charge in [-0.25, -0.2) is 4.68 Å². The van der Waals surface area contributed by atoms with E-state index in [0.29, 0.717) is 17.9 Å². The first kappa shape index (κ1) is 18.2. The average molecular weight is 368 g/mol. The van der Waals surface area contributed by atoms with Crippen LogP contribution in [-0.4, -0.2) is 15.7 Å². The number of halogens is 1. The molecule has 0 unspecified atom stereocenters. The van der Waals surface area contributed by atoms with E-state index in [-0.39, 0.29) is 5.91 Å². The second-order valence-electron chi connectivity index (χ2n) is 6.40. The molecule has 1 N–H and O–H groups in total. The number of para-hydroxylation sites is 1. The Bertz CT molecular complexity index is 932. The third-order valence-corrected chi connectivity index (χ3v) is 4.75. The molecular weight excluding hydrogens is 346 g/mol. The molecule has 3 rings (SSSR count). The lowest BCUT2D eigenvalue weighted by molar-refractivity contribution is -0.116. The lowest BCUT2D eigenvalue weighted by Crippen LogP contribution is -2.13. The van der Waals surface area contributed by atoms with Gasteiger partial charge < -0.3 is 5.32 Å². The van der Waals surface area contributed by atoms with Gasteiger partial charge in [0.05, 0.1) is 11.4 Å². The van der Waals surface area contributed by atoms with Gasteiger partial charge in [-0.1, -0.05) is 35.9 Å². The van der Waals surface area contributed by atoms with Crippen LogP contribution < -0.4 is 5.32 Å². The third kappa shape index (κ3) is 3.97. The fourth-order valence-electron chi connectivity index (χ4n) is 3.04. The molecule has 5 heteroatoms. The first-order chi connectivity index (χ1) is 12.5. The van der Waals surface area contributed by atoms with E-state index < -0.39 is 0 Å². The van der Waals surface area contributed by atoms with E-state index in [2.05, 4.69) is 10.4 Å². The molecule has 1 aromatic heterocycles. The van der Waals surface area contributed by atoms with Crippen LogP contribution in [0.1, 0.15) is 28.9 Å². The molecule has 134 valence electrons. The molecule has 0 atom stereocenters. The maximum Gasteiger partial charge on any atom is 0.224 e. The summed E-state index contributed by atoms with van der Waals surface area (Å²) < 4.78 is 1.93. The van der Waals surface area contributed by atoms with Crippen molar-refractivity contribution in [3.05, 3.63) is 76.1 Å². The van der Waals surface area contributed by atoms with Crippen LogP contribution in [0.15, 0.2) is 48.5 Å². The number of carbonyl (C=O) groups is 1. The van der Waals surface area contributed by atoms with Crippen LogP contribution in [0.25, 0.3) is 5.69 Å². The van der Waals surface area contributed by atoms with Gasteiger partial charge in [0.25, 0.3) is 0 Å². The molecular formula is C21H22ClN3O. The molecule has 26 heavy (non-hydrogen) atoms. The fraction of sp³-hybridized carbons (Fsp3) is 0.238. The molecule has 0 aliphatic carbocycles. The highest BCUT2D eigenvalue weighted by atomic mass is 35.5. The Kier molecular flexibility index (Phi) is 5.43. The van der Waals surface area contributed by atoms with Crippen LogP contribution in [0.4, 0.5) is 5.69 Å². The van der Waals surface area contributed by atoms with Crippen molar-refractivity contribution in [2.45, 2.75) is 33.6 Å². The van der Waals surface area contributed by atoms with Crippen LogP contribution in [0.5, 0.6) is 0 Å². The van der Waals surface area contributed by atoms with Crippen LogP contribution in [0.3, 0.4) is 0 Å². The summed E-state index contributed by atoms with van der Waals surface area (Å²) in [6, 6.07) is 15.5. The lowest BCUT2D eigenvalue weighted by atomic mass is 10.1. The number of anilines is 1. The highest BCUT2D eigenvalue weighted by molar-refractivity contribution is 6.31. The van der Waals surface area contributed by atoms with Crippen LogP contribution in [0, 0.1) is 20.8 Å². The quantitative estimate of drug-likeness (QED) is 0.688. The number of carbonyl (C=O) groups excluding carboxylic acids is 1. The third-order valence-electron chi connectivity index (χ3n) is 4.52. The fourth-order valence-corrected chi connectivity index (χ4v) is 3.21. The van der Waals surface area contributed by atoms with Crippen molar-refractivity contribution in [1.29, 1.82) is 0 Å². The minimum atomic E-state index is -0.0263. The van der Waals surface area contributed by atoms with Gasteiger partial charge in [-0.2, -0.15) is 5.10 Å². The molecule has 0 aliphatic rings. The van der Waals surface area contributed by atoms with Gasteiger partial charge in [-0.05, 0) is 62.6 Å². The van der Waals surface area contributed by atoms with Crippen molar-refractivity contribution >= 4 is 23.2 Å². The van der Waals surface area contributed by atoms with Crippen LogP contribution in [0.2, 0.25) is 5.02 Å². The maximum atomic E-state index is 12.4. The minimum Gasteiger partial charge on any atom is -0.326 e. The largest absolute Gasteiger partial charge is 0.326 e. The standard InChI is InChI=1S/C21H22ClN3O/c1-14-9-10-17(22)13-20(14)23-21(26)12-11-19-15(2)24-25(16(19)3)18-7-5-4-6-8-18/h4-10,13H,11-12H2,1-3H3,(H,23,26). The Morgan fingerprint density at radius 3 is 2.58 bits per heavy atom. The molecule has 0 saturated heterocycles. The second kappa shape index (κ2) is 7.75. The summed E-state index contributed by atoms with van der Waals surface area (Å²) in [6.07, 6.45) is 1.05. The van der Waals surface area contributed by atoms with Gasteiger partial charge in [-0.3, -0.25) is 4.79 Å². The number of rotatable bonds is 5. The molecule has 3 aromatic rings. The normalized spacial score (nSPS) is 10.8. The molecule has 4 nitrogen and oxygen atoms in total. The van der Waals surface area contributed by atoms with Crippen molar-refractivity contribution in [2.75, 3.05) is 5.32 Å². The van der Waals surface area contributed by atoms with E-state index in [4.69, 9.17) is 11.6 Å². The van der Waals surface area contributed by atoms with Gasteiger partial charge >= 0.3 is 0 Å². The van der Waals surface area contributed by atoms with E-state index in [1.165, 1.54) is 0 Å². The second-order valence-corrected chi connectivity index (χ2v) is 6.84. The Hall–Kier alpha value is -2.59. The molecule has 0 bridgehead atoms. The highest BCUT2D eigenvalue weighted by Crippen LogP contribution is 2.22. The summed E-state index contributed by atoms with van der Waals surface area (Å²) in [4.78, 5) is 12.4. The predicted molar refractivity (Wildman–Crippen MR) is 106 cm³/mol. The molecule has 1 heterocycles.